The Kier molecular flexibility index (Phi) is 13.0. The first-order valence-electron chi connectivity index (χ1n) is 1.41. The summed E-state index contributed by atoms with van der Waals surface area (Å²) in [5, 5.41) is 0. The van der Waals surface area contributed by atoms with Crippen LogP contribution in [0.4, 0.5) is 0 Å². The molecule has 0 fully saturated rings. The van der Waals surface area contributed by atoms with Gasteiger partial charge in [0.25, 0.3) is 0 Å². The Morgan fingerprint density at radius 1 is 0.778 bits per heavy atom. The molecule has 56 valence electrons. The van der Waals surface area contributed by atoms with Gasteiger partial charge < -0.3 is 0 Å². The van der Waals surface area contributed by atoms with Crippen LogP contribution in [0.1, 0.15) is 0 Å². The predicted molar refractivity (Wildman–Crippen MR) is 46.7 cm³/mol. The second kappa shape index (κ2) is 7.90. The van der Waals surface area contributed by atoms with Crippen LogP contribution in [-0.2, 0) is 12.3 Å². The maximum atomic E-state index is 5.01. The molecule has 9 heavy (non-hydrogen) atoms. The van der Waals surface area contributed by atoms with Crippen molar-refractivity contribution in [2.24, 2.45) is 0 Å². The van der Waals surface area contributed by atoms with Gasteiger partial charge in [0.2, 0.25) is 0 Å². The minimum absolute atomic E-state index is 1.72. The van der Waals surface area contributed by atoms with E-state index in [4.69, 9.17) is 67.4 Å². The van der Waals surface area contributed by atoms with Crippen LogP contribution in [-0.4, -0.2) is 11.4 Å². The fourth-order valence-electron chi connectivity index (χ4n) is 0. The molecule has 0 aromatic heterocycles. The zero-order valence-electron chi connectivity index (χ0n) is 3.72. The van der Waals surface area contributed by atoms with Gasteiger partial charge in [-0.25, -0.2) is 30.1 Å². The van der Waals surface area contributed by atoms with Crippen LogP contribution in [0.25, 0.3) is 0 Å². The molecule has 0 rings (SSSR count). The summed E-state index contributed by atoms with van der Waals surface area (Å²) >= 11 is -4.83. The van der Waals surface area contributed by atoms with Gasteiger partial charge >= 0.3 is 60.9 Å². The quantitative estimate of drug-likeness (QED) is 0.578. The van der Waals surface area contributed by atoms with Crippen molar-refractivity contribution in [2.45, 2.75) is 0 Å². The van der Waals surface area contributed by atoms with E-state index < -0.39 is 23.7 Å². The molecule has 0 spiro atoms. The van der Waals surface area contributed by atoms with Crippen LogP contribution in [0.3, 0.4) is 0 Å². The van der Waals surface area contributed by atoms with Crippen molar-refractivity contribution in [3.8, 4) is 0 Å². The number of rotatable bonds is 0. The molecule has 0 bridgehead atoms. The molecule has 0 saturated heterocycles. The summed E-state index contributed by atoms with van der Waals surface area (Å²) in [6.07, 6.45) is 0. The molecular formula is AlCl7Ti. The van der Waals surface area contributed by atoms with Gasteiger partial charge in [0, 0.05) is 0 Å². The summed E-state index contributed by atoms with van der Waals surface area (Å²) < 4.78 is 0. The van der Waals surface area contributed by atoms with Gasteiger partial charge in [-0.2, -0.15) is 0 Å². The van der Waals surface area contributed by atoms with Crippen LogP contribution in [0.2, 0.25) is 0 Å². The SMILES string of the molecule is [Cl][Al]([Cl])[Cl].[Cl][Ti]([Cl])([Cl])[Cl]. The van der Waals surface area contributed by atoms with Crippen molar-refractivity contribution in [1.29, 1.82) is 0 Å². The van der Waals surface area contributed by atoms with Gasteiger partial charge in [-0.3, -0.25) is 0 Å². The molecule has 0 aromatic carbocycles. The Morgan fingerprint density at radius 3 is 0.778 bits per heavy atom. The molecule has 0 N–H and O–H groups in total. The van der Waals surface area contributed by atoms with Crippen molar-refractivity contribution in [3.05, 3.63) is 0 Å². The fourth-order valence-corrected chi connectivity index (χ4v) is 0. The van der Waals surface area contributed by atoms with Crippen molar-refractivity contribution in [3.63, 3.8) is 0 Å². The Labute approximate surface area is 89.5 Å². The molecule has 0 radical (unpaired) electrons. The van der Waals surface area contributed by atoms with Crippen molar-refractivity contribution < 1.29 is 12.3 Å². The standard InChI is InChI=1S/Al.7ClH.Ti/h;7*1H;/q+3;;;;;;;;+4/p-7. The van der Waals surface area contributed by atoms with Crippen LogP contribution in [0.5, 0.6) is 0 Å². The van der Waals surface area contributed by atoms with E-state index in [1.807, 2.05) is 0 Å². The molecule has 0 aliphatic carbocycles. The van der Waals surface area contributed by atoms with Crippen molar-refractivity contribution >= 4 is 78.8 Å². The number of hydrogen-bond donors (Lipinski definition) is 0. The summed E-state index contributed by atoms with van der Waals surface area (Å²) in [5.74, 6) is 0. The Balaban J connectivity index is 0. The third-order valence-corrected chi connectivity index (χ3v) is 0. The van der Waals surface area contributed by atoms with Crippen LogP contribution < -0.4 is 0 Å². The van der Waals surface area contributed by atoms with Gasteiger partial charge in [-0.15, -0.1) is 0 Å². The monoisotopic (exact) mass is 320 g/mol. The Morgan fingerprint density at radius 2 is 0.778 bits per heavy atom. The zero-order chi connectivity index (χ0) is 8.08. The van der Waals surface area contributed by atoms with E-state index in [9.17, 15) is 0 Å². The minimum atomic E-state index is -3.11. The maximum absolute atomic E-state index is 5.01. The molecule has 0 atom stereocenters. The second-order valence-electron chi connectivity index (χ2n) is 0.676. The zero-order valence-corrected chi connectivity index (χ0v) is 11.7. The summed E-state index contributed by atoms with van der Waals surface area (Å²) in [4.78, 5) is 0. The first-order valence-corrected chi connectivity index (χ1v) is 15.2. The summed E-state index contributed by atoms with van der Waals surface area (Å²) in [7, 11) is 34.9. The third kappa shape index (κ3) is 90.4. The molecule has 0 aliphatic heterocycles. The molecule has 0 nitrogen and oxygen atoms in total. The molecule has 0 aliphatic rings. The average molecular weight is 323 g/mol. The molecule has 0 aromatic rings. The predicted octanol–water partition coefficient (Wildman–Crippen LogP) is 4.44. The van der Waals surface area contributed by atoms with E-state index in [1.165, 1.54) is 0 Å². The molecule has 0 saturated carbocycles. The Hall–Kier alpha value is 3.28. The molecule has 0 unspecified atom stereocenters. The third-order valence-electron chi connectivity index (χ3n) is 0. The number of halogens is 7. The molecule has 0 heterocycles. The molecule has 9 heteroatoms. The van der Waals surface area contributed by atoms with Gasteiger partial charge in [0.05, 0.1) is 0 Å². The number of hydrogen-bond acceptors (Lipinski definition) is 0. The van der Waals surface area contributed by atoms with Crippen molar-refractivity contribution in [1.82, 2.24) is 0 Å². The summed E-state index contributed by atoms with van der Waals surface area (Å²) in [6, 6.07) is 0. The average Bonchev–Trinajstić information content (AvgIpc) is 1.19. The van der Waals surface area contributed by atoms with Gasteiger partial charge in [0.1, 0.15) is 0 Å². The van der Waals surface area contributed by atoms with Gasteiger partial charge in [0.15, 0.2) is 0 Å². The van der Waals surface area contributed by atoms with E-state index in [2.05, 4.69) is 0 Å². The van der Waals surface area contributed by atoms with E-state index >= 15 is 0 Å². The van der Waals surface area contributed by atoms with E-state index in [1.54, 1.807) is 0 Å². The first kappa shape index (κ1) is 14.8. The molecule has 0 amide bonds. The van der Waals surface area contributed by atoms with Gasteiger partial charge in [-0.1, -0.05) is 0 Å². The Bertz CT molecular complexity index is 45.7. The second-order valence-corrected chi connectivity index (χ2v) is 22.6. The van der Waals surface area contributed by atoms with E-state index in [0.717, 1.165) is 0 Å². The van der Waals surface area contributed by atoms with Crippen LogP contribution in [0, 0.1) is 0 Å². The summed E-state index contributed by atoms with van der Waals surface area (Å²) in [6.45, 7) is 0. The normalized spacial score (nSPS) is 9.67. The van der Waals surface area contributed by atoms with E-state index in [0.29, 0.717) is 0 Å². The fraction of sp³-hybridized carbons (Fsp3) is 0. The topological polar surface area (TPSA) is 0 Å². The molecular weight excluding hydrogens is 323 g/mol. The van der Waals surface area contributed by atoms with Crippen LogP contribution >= 0.6 is 67.4 Å². The van der Waals surface area contributed by atoms with E-state index in [-0.39, 0.29) is 0 Å². The van der Waals surface area contributed by atoms with Crippen molar-refractivity contribution in [2.75, 3.05) is 0 Å². The summed E-state index contributed by atoms with van der Waals surface area (Å²) in [5.41, 5.74) is 0. The van der Waals surface area contributed by atoms with Crippen LogP contribution in [0.15, 0.2) is 0 Å². The first-order chi connectivity index (χ1) is 3.73. The van der Waals surface area contributed by atoms with Gasteiger partial charge in [-0.05, 0) is 0 Å².